The maximum atomic E-state index is 12.1. The highest BCUT2D eigenvalue weighted by atomic mass is 16.5. The summed E-state index contributed by atoms with van der Waals surface area (Å²) in [7, 11) is 3.61. The zero-order valence-electron chi connectivity index (χ0n) is 10.7. The molecule has 1 amide bonds. The summed E-state index contributed by atoms with van der Waals surface area (Å²) in [4.78, 5) is 16.2. The molecule has 0 aromatic heterocycles. The second kappa shape index (κ2) is 5.12. The molecule has 1 aliphatic rings. The predicted molar refractivity (Wildman–Crippen MR) is 63.1 cm³/mol. The zero-order valence-corrected chi connectivity index (χ0v) is 10.7. The first-order chi connectivity index (χ1) is 7.42. The Balaban J connectivity index is 2.65. The van der Waals surface area contributed by atoms with Gasteiger partial charge in [-0.1, -0.05) is 0 Å². The van der Waals surface area contributed by atoms with Gasteiger partial charge in [0, 0.05) is 38.8 Å². The summed E-state index contributed by atoms with van der Waals surface area (Å²) in [5.41, 5.74) is 5.52. The lowest BCUT2D eigenvalue weighted by atomic mass is 9.99. The first-order valence-corrected chi connectivity index (χ1v) is 5.65. The fourth-order valence-electron chi connectivity index (χ4n) is 1.93. The highest BCUT2D eigenvalue weighted by molar-refractivity contribution is 5.81. The summed E-state index contributed by atoms with van der Waals surface area (Å²) in [5.74, 6) is 0.00572. The van der Waals surface area contributed by atoms with Crippen LogP contribution in [0.5, 0.6) is 0 Å². The molecule has 1 unspecified atom stereocenters. The van der Waals surface area contributed by atoms with Crippen molar-refractivity contribution in [3.8, 4) is 0 Å². The monoisotopic (exact) mass is 229 g/mol. The molecule has 1 fully saturated rings. The van der Waals surface area contributed by atoms with E-state index in [0.29, 0.717) is 0 Å². The Kier molecular flexibility index (Phi) is 4.29. The van der Waals surface area contributed by atoms with E-state index < -0.39 is 6.10 Å². The number of hydrogen-bond donors (Lipinski definition) is 1. The van der Waals surface area contributed by atoms with E-state index in [1.165, 1.54) is 7.11 Å². The molecule has 0 aliphatic carbocycles. The van der Waals surface area contributed by atoms with E-state index in [1.807, 2.05) is 4.90 Å². The van der Waals surface area contributed by atoms with E-state index in [2.05, 4.69) is 25.8 Å². The maximum absolute atomic E-state index is 12.1. The lowest BCUT2D eigenvalue weighted by Gasteiger charge is -2.45. The number of carbonyl (C=O) groups excluding carboxylic acids is 1. The van der Waals surface area contributed by atoms with Gasteiger partial charge in [-0.2, -0.15) is 0 Å². The molecule has 5 heteroatoms. The fraction of sp³-hybridized carbons (Fsp3) is 0.909. The summed E-state index contributed by atoms with van der Waals surface area (Å²) >= 11 is 0. The van der Waals surface area contributed by atoms with Crippen molar-refractivity contribution >= 4 is 5.91 Å². The van der Waals surface area contributed by atoms with Gasteiger partial charge in [0.05, 0.1) is 0 Å². The number of rotatable bonds is 3. The Bertz CT molecular complexity index is 252. The molecule has 0 aromatic rings. The number of carbonyl (C=O) groups is 1. The second-order valence-corrected chi connectivity index (χ2v) is 4.95. The summed E-state index contributed by atoms with van der Waals surface area (Å²) in [6, 6.07) is 0. The Morgan fingerprint density at radius 3 is 2.56 bits per heavy atom. The number of hydrogen-bond acceptors (Lipinski definition) is 4. The van der Waals surface area contributed by atoms with Gasteiger partial charge in [-0.05, 0) is 20.9 Å². The van der Waals surface area contributed by atoms with E-state index >= 15 is 0 Å². The van der Waals surface area contributed by atoms with Crippen LogP contribution in [0.4, 0.5) is 0 Å². The van der Waals surface area contributed by atoms with Crippen LogP contribution in [0.2, 0.25) is 0 Å². The van der Waals surface area contributed by atoms with E-state index in [9.17, 15) is 4.79 Å². The fourth-order valence-corrected chi connectivity index (χ4v) is 1.93. The topological polar surface area (TPSA) is 58.8 Å². The van der Waals surface area contributed by atoms with E-state index in [0.717, 1.165) is 19.6 Å². The largest absolute Gasteiger partial charge is 0.370 e. The van der Waals surface area contributed by atoms with Crippen molar-refractivity contribution in [2.24, 2.45) is 5.73 Å². The Morgan fingerprint density at radius 2 is 2.12 bits per heavy atom. The van der Waals surface area contributed by atoms with Gasteiger partial charge in [-0.25, -0.2) is 0 Å². The normalized spacial score (nSPS) is 23.2. The van der Waals surface area contributed by atoms with Crippen LogP contribution in [0.1, 0.15) is 13.8 Å². The summed E-state index contributed by atoms with van der Waals surface area (Å²) < 4.78 is 5.08. The molecule has 0 saturated carbocycles. The van der Waals surface area contributed by atoms with Gasteiger partial charge in [-0.15, -0.1) is 0 Å². The SMILES string of the molecule is COC(CN)C(=O)N1CCN(C)C(C)(C)C1. The van der Waals surface area contributed by atoms with Gasteiger partial charge in [-0.3, -0.25) is 9.69 Å². The minimum atomic E-state index is -0.501. The van der Waals surface area contributed by atoms with Crippen molar-refractivity contribution in [1.82, 2.24) is 9.80 Å². The molecular weight excluding hydrogens is 206 g/mol. The van der Waals surface area contributed by atoms with Crippen molar-refractivity contribution in [2.75, 3.05) is 40.3 Å². The van der Waals surface area contributed by atoms with Crippen molar-refractivity contribution < 1.29 is 9.53 Å². The third-order valence-corrected chi connectivity index (χ3v) is 3.40. The molecule has 1 rings (SSSR count). The van der Waals surface area contributed by atoms with Crippen LogP contribution in [0.25, 0.3) is 0 Å². The minimum absolute atomic E-state index is 0.00572. The highest BCUT2D eigenvalue weighted by Gasteiger charge is 2.35. The van der Waals surface area contributed by atoms with Crippen molar-refractivity contribution in [3.63, 3.8) is 0 Å². The van der Waals surface area contributed by atoms with E-state index in [-0.39, 0.29) is 18.0 Å². The lowest BCUT2D eigenvalue weighted by Crippen LogP contribution is -2.60. The van der Waals surface area contributed by atoms with E-state index in [4.69, 9.17) is 10.5 Å². The minimum Gasteiger partial charge on any atom is -0.370 e. The van der Waals surface area contributed by atoms with Crippen LogP contribution in [0, 0.1) is 0 Å². The van der Waals surface area contributed by atoms with Crippen LogP contribution in [0.15, 0.2) is 0 Å². The molecule has 94 valence electrons. The molecule has 0 spiro atoms. The highest BCUT2D eigenvalue weighted by Crippen LogP contribution is 2.19. The third kappa shape index (κ3) is 2.72. The first-order valence-electron chi connectivity index (χ1n) is 5.65. The lowest BCUT2D eigenvalue weighted by molar-refractivity contribution is -0.145. The molecule has 0 radical (unpaired) electrons. The number of ether oxygens (including phenoxy) is 1. The predicted octanol–water partition coefficient (Wildman–Crippen LogP) is -0.487. The molecule has 1 heterocycles. The van der Waals surface area contributed by atoms with Crippen molar-refractivity contribution in [1.29, 1.82) is 0 Å². The van der Waals surface area contributed by atoms with Gasteiger partial charge in [0.2, 0.25) is 0 Å². The van der Waals surface area contributed by atoms with Crippen LogP contribution in [0.3, 0.4) is 0 Å². The quantitative estimate of drug-likeness (QED) is 0.709. The average molecular weight is 229 g/mol. The molecular formula is C11H23N3O2. The van der Waals surface area contributed by atoms with Crippen molar-refractivity contribution in [3.05, 3.63) is 0 Å². The Labute approximate surface area is 97.5 Å². The number of nitrogens with two attached hydrogens (primary N) is 1. The Morgan fingerprint density at radius 1 is 1.50 bits per heavy atom. The zero-order chi connectivity index (χ0) is 12.3. The van der Waals surface area contributed by atoms with Crippen molar-refractivity contribution in [2.45, 2.75) is 25.5 Å². The third-order valence-electron chi connectivity index (χ3n) is 3.40. The molecule has 0 aromatic carbocycles. The van der Waals surface area contributed by atoms with Gasteiger partial charge in [0.1, 0.15) is 6.10 Å². The van der Waals surface area contributed by atoms with Gasteiger partial charge < -0.3 is 15.4 Å². The smallest absolute Gasteiger partial charge is 0.253 e. The Hall–Kier alpha value is -0.650. The average Bonchev–Trinajstić information content (AvgIpc) is 2.23. The molecule has 16 heavy (non-hydrogen) atoms. The maximum Gasteiger partial charge on any atom is 0.253 e. The van der Waals surface area contributed by atoms with Gasteiger partial charge >= 0.3 is 0 Å². The molecule has 2 N–H and O–H groups in total. The molecule has 0 bridgehead atoms. The summed E-state index contributed by atoms with van der Waals surface area (Å²) in [6.07, 6.45) is -0.501. The van der Waals surface area contributed by atoms with Crippen LogP contribution in [-0.2, 0) is 9.53 Å². The van der Waals surface area contributed by atoms with Crippen LogP contribution >= 0.6 is 0 Å². The number of piperazine rings is 1. The molecule has 1 aliphatic heterocycles. The number of amides is 1. The van der Waals surface area contributed by atoms with Gasteiger partial charge in [0.25, 0.3) is 5.91 Å². The standard InChI is InChI=1S/C11H23N3O2/c1-11(2)8-14(6-5-13(11)3)10(15)9(7-12)16-4/h9H,5-8,12H2,1-4H3. The molecule has 5 nitrogen and oxygen atoms in total. The van der Waals surface area contributed by atoms with Crippen LogP contribution in [-0.4, -0.2) is 67.7 Å². The van der Waals surface area contributed by atoms with Gasteiger partial charge in [0.15, 0.2) is 0 Å². The summed E-state index contributed by atoms with van der Waals surface area (Å²) in [6.45, 7) is 6.87. The van der Waals surface area contributed by atoms with E-state index in [1.54, 1.807) is 0 Å². The molecule has 1 atom stereocenters. The summed E-state index contributed by atoms with van der Waals surface area (Å²) in [5, 5.41) is 0. The number of methoxy groups -OCH3 is 1. The molecule has 1 saturated heterocycles. The van der Waals surface area contributed by atoms with Crippen LogP contribution < -0.4 is 5.73 Å². The number of likely N-dealkylation sites (N-methyl/N-ethyl adjacent to an activating group) is 1. The number of nitrogens with zero attached hydrogens (tertiary/aromatic N) is 2. The second-order valence-electron chi connectivity index (χ2n) is 4.95. The first kappa shape index (κ1) is 13.4.